The molecule has 0 bridgehead atoms. The summed E-state index contributed by atoms with van der Waals surface area (Å²) in [6.45, 7) is -0.0159. The average molecular weight is 343 g/mol. The van der Waals surface area contributed by atoms with E-state index >= 15 is 0 Å². The largest absolute Gasteiger partial charge is 0.493 e. The molecule has 0 saturated heterocycles. The van der Waals surface area contributed by atoms with Crippen molar-refractivity contribution in [1.82, 2.24) is 0 Å². The minimum atomic E-state index is -3.93. The quantitative estimate of drug-likeness (QED) is 0.596. The smallest absolute Gasteiger partial charge is 0.373 e. The van der Waals surface area contributed by atoms with Crippen molar-refractivity contribution >= 4 is 27.2 Å². The molecule has 0 unspecified atom stereocenters. The van der Waals surface area contributed by atoms with E-state index in [1.54, 1.807) is 12.1 Å². The van der Waals surface area contributed by atoms with Gasteiger partial charge in [0.05, 0.1) is 20.8 Å². The fourth-order valence-electron chi connectivity index (χ4n) is 2.13. The van der Waals surface area contributed by atoms with Crippen LogP contribution >= 0.6 is 0 Å². The summed E-state index contributed by atoms with van der Waals surface area (Å²) in [4.78, 5) is 11.5. The summed E-state index contributed by atoms with van der Waals surface area (Å²) >= 11 is 0. The zero-order valence-corrected chi connectivity index (χ0v) is 13.5. The van der Waals surface area contributed by atoms with Crippen molar-refractivity contribution < 1.29 is 31.3 Å². The van der Waals surface area contributed by atoms with E-state index in [9.17, 15) is 13.2 Å². The highest BCUT2D eigenvalue weighted by Crippen LogP contribution is 2.31. The highest BCUT2D eigenvalue weighted by Gasteiger charge is 2.16. The number of esters is 1. The molecule has 0 aliphatic heterocycles. The Bertz CT molecular complexity index is 810. The van der Waals surface area contributed by atoms with Gasteiger partial charge in [0, 0.05) is 5.39 Å². The summed E-state index contributed by atoms with van der Waals surface area (Å²) in [5, 5.41) is 5.44. The van der Waals surface area contributed by atoms with Gasteiger partial charge in [-0.15, -0.1) is 0 Å². The normalized spacial score (nSPS) is 11.6. The molecule has 0 aliphatic carbocycles. The fourth-order valence-corrected chi connectivity index (χ4v) is 2.48. The molecule has 2 aromatic rings. The van der Waals surface area contributed by atoms with Crippen molar-refractivity contribution in [2.75, 3.05) is 20.8 Å². The van der Waals surface area contributed by atoms with Crippen LogP contribution in [0, 0.1) is 0 Å². The monoisotopic (exact) mass is 343 g/mol. The van der Waals surface area contributed by atoms with E-state index in [-0.39, 0.29) is 12.4 Å². The summed E-state index contributed by atoms with van der Waals surface area (Å²) in [5.41, 5.74) is 1.32. The van der Waals surface area contributed by atoms with Crippen LogP contribution in [0.25, 0.3) is 11.0 Å². The van der Waals surface area contributed by atoms with Crippen LogP contribution in [0.15, 0.2) is 22.6 Å². The van der Waals surface area contributed by atoms with Gasteiger partial charge in [0.15, 0.2) is 11.3 Å². The highest BCUT2D eigenvalue weighted by atomic mass is 32.2. The molecule has 0 aliphatic rings. The number of furan rings is 1. The number of fused-ring (bicyclic) bond motifs is 1. The van der Waals surface area contributed by atoms with E-state index in [0.717, 1.165) is 5.56 Å². The number of carbonyl (C=O) groups is 1. The third-order valence-corrected chi connectivity index (χ3v) is 3.60. The van der Waals surface area contributed by atoms with E-state index in [1.807, 2.05) is 6.07 Å². The first kappa shape index (κ1) is 17.3. The lowest BCUT2D eigenvalue weighted by atomic mass is 10.1. The molecule has 2 rings (SSSR count). The van der Waals surface area contributed by atoms with Crippen molar-refractivity contribution in [1.29, 1.82) is 0 Å². The van der Waals surface area contributed by atoms with Crippen LogP contribution in [0.5, 0.6) is 5.75 Å². The summed E-state index contributed by atoms with van der Waals surface area (Å²) in [5.74, 6) is -0.0260. The maximum absolute atomic E-state index is 11.5. The zero-order chi connectivity index (χ0) is 17.0. The lowest BCUT2D eigenvalue weighted by Gasteiger charge is -2.06. The highest BCUT2D eigenvalue weighted by molar-refractivity contribution is 7.84. The maximum Gasteiger partial charge on any atom is 0.373 e. The number of rotatable bonds is 7. The van der Waals surface area contributed by atoms with Gasteiger partial charge >= 0.3 is 16.3 Å². The number of hydrogen-bond acceptors (Lipinski definition) is 7. The Balaban J connectivity index is 2.19. The molecule has 0 saturated carbocycles. The minimum absolute atomic E-state index is 0.0159. The summed E-state index contributed by atoms with van der Waals surface area (Å²) in [6, 6.07) is 5.14. The number of ether oxygens (including phenoxy) is 2. The molecule has 0 spiro atoms. The van der Waals surface area contributed by atoms with Gasteiger partial charge in [-0.2, -0.15) is 8.42 Å². The number of aryl methyl sites for hydroxylation is 1. The molecule has 1 aromatic heterocycles. The van der Waals surface area contributed by atoms with Gasteiger partial charge in [0.2, 0.25) is 5.76 Å². The van der Waals surface area contributed by atoms with E-state index in [0.29, 0.717) is 29.6 Å². The molecule has 1 heterocycles. The molecule has 126 valence electrons. The molecule has 0 fully saturated rings. The number of carbonyl (C=O) groups excluding carboxylic acids is 1. The van der Waals surface area contributed by atoms with E-state index < -0.39 is 16.3 Å². The van der Waals surface area contributed by atoms with Crippen LogP contribution < -0.4 is 9.88 Å². The third-order valence-electron chi connectivity index (χ3n) is 3.11. The number of methoxy groups -OCH3 is 2. The number of nitrogens with two attached hydrogens (primary N) is 1. The van der Waals surface area contributed by atoms with Crippen molar-refractivity contribution in [2.45, 2.75) is 12.8 Å². The first-order valence-corrected chi connectivity index (χ1v) is 8.17. The van der Waals surface area contributed by atoms with E-state index in [4.69, 9.17) is 14.3 Å². The molecule has 1 aromatic carbocycles. The Morgan fingerprint density at radius 2 is 2.00 bits per heavy atom. The van der Waals surface area contributed by atoms with Crippen LogP contribution in [0.3, 0.4) is 0 Å². The molecule has 0 amide bonds. The lowest BCUT2D eigenvalue weighted by Crippen LogP contribution is -2.16. The molecule has 9 heteroatoms. The SMILES string of the molecule is COC(=O)c1cc2cc(CCCOS(N)(=O)=O)cc(OC)c2o1. The van der Waals surface area contributed by atoms with Gasteiger partial charge in [-0.1, -0.05) is 0 Å². The van der Waals surface area contributed by atoms with Gasteiger partial charge in [0.25, 0.3) is 0 Å². The van der Waals surface area contributed by atoms with Crippen LogP contribution in [-0.4, -0.2) is 35.2 Å². The zero-order valence-electron chi connectivity index (χ0n) is 12.7. The Kier molecular flexibility index (Phi) is 5.24. The standard InChI is InChI=1S/C14H17NO7S/c1-19-11-7-9(4-3-5-21-23(15,17)18)6-10-8-12(14(16)20-2)22-13(10)11/h6-8H,3-5H2,1-2H3,(H2,15,17,18). The topological polar surface area (TPSA) is 118 Å². The van der Waals surface area contributed by atoms with Crippen molar-refractivity contribution in [3.8, 4) is 5.75 Å². The predicted molar refractivity (Wildman–Crippen MR) is 81.5 cm³/mol. The van der Waals surface area contributed by atoms with Crippen LogP contribution in [-0.2, 0) is 25.6 Å². The van der Waals surface area contributed by atoms with E-state index in [1.165, 1.54) is 14.2 Å². The fraction of sp³-hybridized carbons (Fsp3) is 0.357. The average Bonchev–Trinajstić information content (AvgIpc) is 2.93. The first-order valence-electron chi connectivity index (χ1n) is 6.70. The Morgan fingerprint density at radius 3 is 2.61 bits per heavy atom. The maximum atomic E-state index is 11.5. The number of hydrogen-bond donors (Lipinski definition) is 1. The second kappa shape index (κ2) is 6.99. The summed E-state index contributed by atoms with van der Waals surface area (Å²) in [7, 11) is -1.17. The molecule has 0 radical (unpaired) electrons. The Labute approximate surface area is 133 Å². The second-order valence-electron chi connectivity index (χ2n) is 4.74. The van der Waals surface area contributed by atoms with Gasteiger partial charge in [-0.3, -0.25) is 4.18 Å². The van der Waals surface area contributed by atoms with Gasteiger partial charge in [-0.25, -0.2) is 9.93 Å². The van der Waals surface area contributed by atoms with Crippen LogP contribution in [0.1, 0.15) is 22.5 Å². The van der Waals surface area contributed by atoms with E-state index in [2.05, 4.69) is 8.92 Å². The molecule has 23 heavy (non-hydrogen) atoms. The van der Waals surface area contributed by atoms with Crippen molar-refractivity contribution in [3.63, 3.8) is 0 Å². The van der Waals surface area contributed by atoms with Gasteiger partial charge < -0.3 is 13.9 Å². The van der Waals surface area contributed by atoms with Crippen molar-refractivity contribution in [2.24, 2.45) is 5.14 Å². The van der Waals surface area contributed by atoms with Crippen LogP contribution in [0.2, 0.25) is 0 Å². The molecule has 0 atom stereocenters. The predicted octanol–water partition coefficient (Wildman–Crippen LogP) is 1.38. The summed E-state index contributed by atoms with van der Waals surface area (Å²) < 4.78 is 41.2. The van der Waals surface area contributed by atoms with Gasteiger partial charge in [-0.05, 0) is 36.6 Å². The molecule has 8 nitrogen and oxygen atoms in total. The second-order valence-corrected chi connectivity index (χ2v) is 5.96. The number of benzene rings is 1. The molecular formula is C14H17NO7S. The summed E-state index contributed by atoms with van der Waals surface area (Å²) in [6.07, 6.45) is 0.993. The molecular weight excluding hydrogens is 326 g/mol. The van der Waals surface area contributed by atoms with Gasteiger partial charge in [0.1, 0.15) is 0 Å². The Morgan fingerprint density at radius 1 is 1.26 bits per heavy atom. The Hall–Kier alpha value is -2.10. The van der Waals surface area contributed by atoms with Crippen LogP contribution in [0.4, 0.5) is 0 Å². The lowest BCUT2D eigenvalue weighted by molar-refractivity contribution is 0.0567. The molecule has 2 N–H and O–H groups in total. The minimum Gasteiger partial charge on any atom is -0.493 e. The first-order chi connectivity index (χ1) is 10.8. The van der Waals surface area contributed by atoms with Crippen molar-refractivity contribution in [3.05, 3.63) is 29.5 Å². The third kappa shape index (κ3) is 4.44.